The summed E-state index contributed by atoms with van der Waals surface area (Å²) in [5, 5.41) is 0. The number of likely N-dealkylation sites (N-methyl/N-ethyl adjacent to an activating group) is 1. The molecule has 25 heavy (non-hydrogen) atoms. The quantitative estimate of drug-likeness (QED) is 0.794. The Morgan fingerprint density at radius 2 is 1.96 bits per heavy atom. The molecule has 1 unspecified atom stereocenters. The number of urea groups is 1. The number of rotatable bonds is 3. The van der Waals surface area contributed by atoms with Crippen molar-refractivity contribution in [2.75, 3.05) is 26.2 Å². The van der Waals surface area contributed by atoms with Gasteiger partial charge in [0.2, 0.25) is 0 Å². The van der Waals surface area contributed by atoms with E-state index in [9.17, 15) is 9.59 Å². The van der Waals surface area contributed by atoms with E-state index in [-0.39, 0.29) is 23.4 Å². The lowest BCUT2D eigenvalue weighted by Gasteiger charge is -2.39. The van der Waals surface area contributed by atoms with E-state index in [0.29, 0.717) is 6.54 Å². The molecule has 134 valence electrons. The summed E-state index contributed by atoms with van der Waals surface area (Å²) in [7, 11) is 0. The zero-order valence-electron chi connectivity index (χ0n) is 15.2. The van der Waals surface area contributed by atoms with E-state index in [0.717, 1.165) is 45.4 Å². The minimum atomic E-state index is -0.198. The van der Waals surface area contributed by atoms with Gasteiger partial charge in [-0.25, -0.2) is 4.79 Å². The number of fused-ring (bicyclic) bond motifs is 1. The Hall–Kier alpha value is -1.88. The van der Waals surface area contributed by atoms with Crippen LogP contribution in [0, 0.1) is 12.3 Å². The Labute approximate surface area is 149 Å². The van der Waals surface area contributed by atoms with Crippen LogP contribution < -0.4 is 0 Å². The van der Waals surface area contributed by atoms with Gasteiger partial charge in [-0.1, -0.05) is 29.8 Å². The summed E-state index contributed by atoms with van der Waals surface area (Å²) in [4.78, 5) is 30.6. The largest absolute Gasteiger partial charge is 0.327 e. The predicted molar refractivity (Wildman–Crippen MR) is 96.0 cm³/mol. The van der Waals surface area contributed by atoms with Gasteiger partial charge < -0.3 is 4.90 Å². The highest BCUT2D eigenvalue weighted by molar-refractivity contribution is 6.04. The van der Waals surface area contributed by atoms with Crippen molar-refractivity contribution in [3.05, 3.63) is 35.4 Å². The first-order chi connectivity index (χ1) is 12.0. The summed E-state index contributed by atoms with van der Waals surface area (Å²) in [6, 6.07) is 8.44. The first-order valence-corrected chi connectivity index (χ1v) is 9.41. The minimum Gasteiger partial charge on any atom is -0.312 e. The highest BCUT2D eigenvalue weighted by atomic mass is 16.2. The predicted octanol–water partition coefficient (Wildman–Crippen LogP) is 2.63. The summed E-state index contributed by atoms with van der Waals surface area (Å²) in [5.74, 6) is 0.0200. The van der Waals surface area contributed by atoms with Crippen molar-refractivity contribution in [1.82, 2.24) is 14.7 Å². The van der Waals surface area contributed by atoms with Gasteiger partial charge in [0.25, 0.3) is 5.91 Å². The molecule has 1 aromatic carbocycles. The Morgan fingerprint density at radius 1 is 1.20 bits per heavy atom. The first kappa shape index (κ1) is 16.6. The molecular weight excluding hydrogens is 314 g/mol. The number of imide groups is 1. The monoisotopic (exact) mass is 341 g/mol. The van der Waals surface area contributed by atoms with Crippen molar-refractivity contribution in [3.63, 3.8) is 0 Å². The number of piperidine rings is 1. The number of hydrogen-bond donors (Lipinski definition) is 0. The SMILES string of the molecule is CCN1C(=O)C2CC3(CCN(Cc4cccc(C)c4)CC3)CN2C1=O. The van der Waals surface area contributed by atoms with E-state index in [1.807, 2.05) is 11.8 Å². The van der Waals surface area contributed by atoms with E-state index < -0.39 is 0 Å². The Morgan fingerprint density at radius 3 is 2.60 bits per heavy atom. The number of carbonyl (C=O) groups excluding carboxylic acids is 2. The number of aryl methyl sites for hydroxylation is 1. The van der Waals surface area contributed by atoms with Crippen LogP contribution in [0.4, 0.5) is 4.79 Å². The Kier molecular flexibility index (Phi) is 4.07. The van der Waals surface area contributed by atoms with Crippen LogP contribution in [0.3, 0.4) is 0 Å². The normalized spacial score (nSPS) is 25.9. The molecule has 1 atom stereocenters. The van der Waals surface area contributed by atoms with Gasteiger partial charge in [-0.15, -0.1) is 0 Å². The molecule has 3 amide bonds. The summed E-state index contributed by atoms with van der Waals surface area (Å²) < 4.78 is 0. The molecule has 0 bridgehead atoms. The number of amides is 3. The number of benzene rings is 1. The van der Waals surface area contributed by atoms with Gasteiger partial charge in [-0.05, 0) is 57.2 Å². The number of likely N-dealkylation sites (tertiary alicyclic amines) is 1. The molecule has 3 heterocycles. The molecule has 1 spiro atoms. The molecule has 3 aliphatic rings. The second kappa shape index (κ2) is 6.13. The second-order valence-corrected chi connectivity index (χ2v) is 7.98. The van der Waals surface area contributed by atoms with E-state index in [4.69, 9.17) is 0 Å². The molecule has 3 saturated heterocycles. The fourth-order valence-corrected chi connectivity index (χ4v) is 4.81. The summed E-state index contributed by atoms with van der Waals surface area (Å²) in [6.45, 7) is 8.35. The van der Waals surface area contributed by atoms with Gasteiger partial charge in [-0.3, -0.25) is 14.6 Å². The topological polar surface area (TPSA) is 43.9 Å². The third-order valence-corrected chi connectivity index (χ3v) is 6.26. The molecule has 5 heteroatoms. The fraction of sp³-hybridized carbons (Fsp3) is 0.600. The van der Waals surface area contributed by atoms with Gasteiger partial charge in [0.1, 0.15) is 6.04 Å². The first-order valence-electron chi connectivity index (χ1n) is 9.41. The molecule has 0 N–H and O–H groups in total. The Bertz CT molecular complexity index is 668. The molecule has 0 saturated carbocycles. The third-order valence-electron chi connectivity index (χ3n) is 6.26. The van der Waals surface area contributed by atoms with Crippen molar-refractivity contribution < 1.29 is 9.59 Å². The summed E-state index contributed by atoms with van der Waals surface area (Å²) in [5.41, 5.74) is 2.82. The van der Waals surface area contributed by atoms with E-state index >= 15 is 0 Å². The highest BCUT2D eigenvalue weighted by Crippen LogP contribution is 2.46. The van der Waals surface area contributed by atoms with Crippen molar-refractivity contribution in [1.29, 1.82) is 0 Å². The van der Waals surface area contributed by atoms with Crippen molar-refractivity contribution in [3.8, 4) is 0 Å². The third kappa shape index (κ3) is 2.84. The van der Waals surface area contributed by atoms with Crippen LogP contribution >= 0.6 is 0 Å². The van der Waals surface area contributed by atoms with Crippen LogP contribution in [0.25, 0.3) is 0 Å². The average Bonchev–Trinajstić information content (AvgIpc) is 3.06. The molecule has 0 radical (unpaired) electrons. The van der Waals surface area contributed by atoms with Crippen molar-refractivity contribution in [2.24, 2.45) is 5.41 Å². The van der Waals surface area contributed by atoms with Gasteiger partial charge in [0.05, 0.1) is 0 Å². The maximum Gasteiger partial charge on any atom is 0.327 e. The van der Waals surface area contributed by atoms with E-state index in [1.165, 1.54) is 16.0 Å². The lowest BCUT2D eigenvalue weighted by atomic mass is 9.76. The van der Waals surface area contributed by atoms with Gasteiger partial charge in [-0.2, -0.15) is 0 Å². The Balaban J connectivity index is 1.38. The number of carbonyl (C=O) groups is 2. The molecule has 3 fully saturated rings. The highest BCUT2D eigenvalue weighted by Gasteiger charge is 2.55. The van der Waals surface area contributed by atoms with Crippen LogP contribution in [-0.4, -0.2) is 58.9 Å². The van der Waals surface area contributed by atoms with Crippen molar-refractivity contribution >= 4 is 11.9 Å². The molecule has 5 nitrogen and oxygen atoms in total. The maximum atomic E-state index is 12.4. The molecule has 3 aliphatic heterocycles. The fourth-order valence-electron chi connectivity index (χ4n) is 4.81. The molecular formula is C20H27N3O2. The van der Waals surface area contributed by atoms with Gasteiger partial charge in [0.15, 0.2) is 0 Å². The molecule has 4 rings (SSSR count). The average molecular weight is 341 g/mol. The van der Waals surface area contributed by atoms with Crippen LogP contribution in [-0.2, 0) is 11.3 Å². The maximum absolute atomic E-state index is 12.4. The van der Waals surface area contributed by atoms with E-state index in [1.54, 1.807) is 0 Å². The zero-order valence-corrected chi connectivity index (χ0v) is 15.2. The smallest absolute Gasteiger partial charge is 0.312 e. The van der Waals surface area contributed by atoms with Crippen LogP contribution in [0.15, 0.2) is 24.3 Å². The van der Waals surface area contributed by atoms with Crippen LogP contribution in [0.1, 0.15) is 37.3 Å². The van der Waals surface area contributed by atoms with Crippen molar-refractivity contribution in [2.45, 2.75) is 45.7 Å². The molecule has 0 aliphatic carbocycles. The zero-order chi connectivity index (χ0) is 17.6. The summed E-state index contributed by atoms with van der Waals surface area (Å²) >= 11 is 0. The molecule has 1 aromatic rings. The van der Waals surface area contributed by atoms with Crippen LogP contribution in [0.5, 0.6) is 0 Å². The van der Waals surface area contributed by atoms with Crippen LogP contribution in [0.2, 0.25) is 0 Å². The number of nitrogens with zero attached hydrogens (tertiary/aromatic N) is 3. The van der Waals surface area contributed by atoms with Gasteiger partial charge >= 0.3 is 6.03 Å². The number of hydrogen-bond acceptors (Lipinski definition) is 3. The minimum absolute atomic E-state index is 0.0200. The van der Waals surface area contributed by atoms with Gasteiger partial charge in [0, 0.05) is 19.6 Å². The lowest BCUT2D eigenvalue weighted by Crippen LogP contribution is -2.43. The summed E-state index contributed by atoms with van der Waals surface area (Å²) in [6.07, 6.45) is 3.02. The van der Waals surface area contributed by atoms with E-state index in [2.05, 4.69) is 36.1 Å². The second-order valence-electron chi connectivity index (χ2n) is 7.98. The lowest BCUT2D eigenvalue weighted by molar-refractivity contribution is -0.128. The molecule has 0 aromatic heterocycles. The standard InChI is InChI=1S/C20H27N3O2/c1-3-22-18(24)17-12-20(14-23(17)19(22)25)7-9-21(10-8-20)13-16-6-4-5-15(2)11-16/h4-6,11,17H,3,7-10,12-14H2,1-2H3.